The molecule has 0 bridgehead atoms. The summed E-state index contributed by atoms with van der Waals surface area (Å²) in [4.78, 5) is 13.0. The minimum absolute atomic E-state index is 0.0159. The van der Waals surface area contributed by atoms with Crippen LogP contribution in [0.5, 0.6) is 23.0 Å². The summed E-state index contributed by atoms with van der Waals surface area (Å²) < 4.78 is 50.6. The number of amides is 1. The van der Waals surface area contributed by atoms with Crippen molar-refractivity contribution in [1.82, 2.24) is 5.43 Å². The van der Waals surface area contributed by atoms with Crippen LogP contribution in [0.1, 0.15) is 18.1 Å². The van der Waals surface area contributed by atoms with Crippen molar-refractivity contribution < 1.29 is 32.2 Å². The second kappa shape index (κ2) is 14.7. The van der Waals surface area contributed by atoms with Gasteiger partial charge in [-0.15, -0.1) is 0 Å². The number of sulfonamides is 1. The predicted octanol–water partition coefficient (Wildman–Crippen LogP) is 5.03. The molecule has 1 N–H and O–H groups in total. The summed E-state index contributed by atoms with van der Waals surface area (Å²) >= 11 is 0. The Morgan fingerprint density at radius 2 is 1.56 bits per heavy atom. The zero-order valence-electron chi connectivity index (χ0n) is 24.1. The molecule has 0 radical (unpaired) electrons. The van der Waals surface area contributed by atoms with Crippen molar-refractivity contribution in [2.75, 3.05) is 31.7 Å². The molecule has 0 heterocycles. The molecule has 0 saturated heterocycles. The van der Waals surface area contributed by atoms with Gasteiger partial charge in [-0.05, 0) is 60.5 Å². The summed E-state index contributed by atoms with van der Waals surface area (Å²) in [6.07, 6.45) is 1.44. The first kappa shape index (κ1) is 30.9. The third-order valence-electron chi connectivity index (χ3n) is 6.18. The molecule has 0 saturated carbocycles. The number of carbonyl (C=O) groups is 1. The fourth-order valence-corrected chi connectivity index (χ4v) is 5.54. The Labute approximate surface area is 251 Å². The number of rotatable bonds is 14. The number of carbonyl (C=O) groups excluding carboxylic acids is 1. The van der Waals surface area contributed by atoms with E-state index in [1.807, 2.05) is 37.3 Å². The predicted molar refractivity (Wildman–Crippen MR) is 165 cm³/mol. The van der Waals surface area contributed by atoms with Crippen molar-refractivity contribution in [3.63, 3.8) is 0 Å². The van der Waals surface area contributed by atoms with Crippen LogP contribution >= 0.6 is 0 Å². The van der Waals surface area contributed by atoms with Crippen LogP contribution in [0.2, 0.25) is 0 Å². The highest BCUT2D eigenvalue weighted by Crippen LogP contribution is 2.35. The average molecular weight is 604 g/mol. The van der Waals surface area contributed by atoms with Crippen LogP contribution in [0.3, 0.4) is 0 Å². The fraction of sp³-hybridized carbons (Fsp3) is 0.188. The van der Waals surface area contributed by atoms with Crippen LogP contribution in [-0.2, 0) is 21.4 Å². The van der Waals surface area contributed by atoms with E-state index in [0.717, 1.165) is 9.87 Å². The molecule has 0 unspecified atom stereocenters. The molecule has 4 aromatic rings. The van der Waals surface area contributed by atoms with E-state index in [9.17, 15) is 13.2 Å². The number of ether oxygens (including phenoxy) is 4. The van der Waals surface area contributed by atoms with Gasteiger partial charge in [0.2, 0.25) is 0 Å². The molecular weight excluding hydrogens is 570 g/mol. The van der Waals surface area contributed by atoms with E-state index in [1.54, 1.807) is 48.5 Å². The number of nitrogens with zero attached hydrogens (tertiary/aromatic N) is 2. The van der Waals surface area contributed by atoms with Gasteiger partial charge in [0.05, 0.1) is 37.6 Å². The lowest BCUT2D eigenvalue weighted by Crippen LogP contribution is -2.39. The van der Waals surface area contributed by atoms with Crippen molar-refractivity contribution in [3.05, 3.63) is 108 Å². The van der Waals surface area contributed by atoms with E-state index in [1.165, 1.54) is 38.6 Å². The number of methoxy groups -OCH3 is 2. The molecular formula is C32H33N3O7S. The van der Waals surface area contributed by atoms with Gasteiger partial charge in [-0.3, -0.25) is 9.10 Å². The molecule has 1 amide bonds. The molecule has 0 fully saturated rings. The maximum Gasteiger partial charge on any atom is 0.264 e. The van der Waals surface area contributed by atoms with Crippen LogP contribution in [0, 0.1) is 0 Å². The van der Waals surface area contributed by atoms with Crippen LogP contribution in [0.15, 0.2) is 107 Å². The lowest BCUT2D eigenvalue weighted by molar-refractivity contribution is -0.119. The molecule has 11 heteroatoms. The third-order valence-corrected chi connectivity index (χ3v) is 7.96. The smallest absolute Gasteiger partial charge is 0.264 e. The molecule has 4 rings (SSSR count). The maximum atomic E-state index is 13.7. The van der Waals surface area contributed by atoms with E-state index >= 15 is 0 Å². The maximum absolute atomic E-state index is 13.7. The number of nitrogens with one attached hydrogen (secondary N) is 1. The first-order valence-corrected chi connectivity index (χ1v) is 14.8. The van der Waals surface area contributed by atoms with Crippen LogP contribution in [0.4, 0.5) is 5.69 Å². The summed E-state index contributed by atoms with van der Waals surface area (Å²) in [6, 6.07) is 27.5. The Bertz CT molecular complexity index is 1650. The molecule has 0 aliphatic carbocycles. The van der Waals surface area contributed by atoms with Crippen molar-refractivity contribution >= 4 is 27.8 Å². The van der Waals surface area contributed by atoms with Gasteiger partial charge in [0.1, 0.15) is 24.7 Å². The lowest BCUT2D eigenvalue weighted by atomic mass is 10.2. The average Bonchev–Trinajstić information content (AvgIpc) is 3.04. The quantitative estimate of drug-likeness (QED) is 0.159. The Morgan fingerprint density at radius 3 is 2.23 bits per heavy atom. The SMILES string of the molecule is CCOc1cc(/C=N\NC(=O)CN(c2ccc(OC)cc2OC)S(=O)(=O)c2ccccc2)ccc1OCc1ccccc1. The number of hydrogen-bond donors (Lipinski definition) is 1. The van der Waals surface area contributed by atoms with E-state index in [0.29, 0.717) is 36.0 Å². The lowest BCUT2D eigenvalue weighted by Gasteiger charge is -2.25. The highest BCUT2D eigenvalue weighted by Gasteiger charge is 2.29. The van der Waals surface area contributed by atoms with Gasteiger partial charge in [0.15, 0.2) is 11.5 Å². The molecule has 0 aromatic heterocycles. The Hall–Kier alpha value is -5.03. The van der Waals surface area contributed by atoms with E-state index < -0.39 is 22.5 Å². The second-order valence-corrected chi connectivity index (χ2v) is 10.9. The molecule has 4 aromatic carbocycles. The number of hydrazone groups is 1. The summed E-state index contributed by atoms with van der Waals surface area (Å²) in [5, 5.41) is 4.04. The van der Waals surface area contributed by atoms with Crippen LogP contribution < -0.4 is 28.7 Å². The minimum Gasteiger partial charge on any atom is -0.497 e. The summed E-state index contributed by atoms with van der Waals surface area (Å²) in [5.74, 6) is 1.12. The standard InChI is InChI=1S/C32H33N3O7S/c1-4-41-31-19-25(15-18-29(31)42-23-24-11-7-5-8-12-24)21-33-34-32(36)22-35(43(37,38)27-13-9-6-10-14-27)28-17-16-26(39-2)20-30(28)40-3/h5-21H,4,22-23H2,1-3H3,(H,34,36)/b33-21-. The Kier molecular flexibility index (Phi) is 10.6. The van der Waals surface area contributed by atoms with E-state index in [-0.39, 0.29) is 16.3 Å². The van der Waals surface area contributed by atoms with Crippen molar-refractivity contribution in [1.29, 1.82) is 0 Å². The summed E-state index contributed by atoms with van der Waals surface area (Å²) in [7, 11) is -1.26. The van der Waals surface area contributed by atoms with E-state index in [4.69, 9.17) is 18.9 Å². The van der Waals surface area contributed by atoms with Crippen molar-refractivity contribution in [2.24, 2.45) is 5.10 Å². The van der Waals surface area contributed by atoms with Crippen molar-refractivity contribution in [3.8, 4) is 23.0 Å². The van der Waals surface area contributed by atoms with Crippen LogP contribution in [0.25, 0.3) is 0 Å². The topological polar surface area (TPSA) is 116 Å². The molecule has 43 heavy (non-hydrogen) atoms. The highest BCUT2D eigenvalue weighted by atomic mass is 32.2. The zero-order chi connectivity index (χ0) is 30.7. The minimum atomic E-state index is -4.15. The van der Waals surface area contributed by atoms with Gasteiger partial charge in [-0.1, -0.05) is 48.5 Å². The molecule has 0 spiro atoms. The van der Waals surface area contributed by atoms with Crippen LogP contribution in [-0.4, -0.2) is 47.9 Å². The first-order valence-electron chi connectivity index (χ1n) is 13.4. The second-order valence-electron chi connectivity index (χ2n) is 9.07. The van der Waals surface area contributed by atoms with Gasteiger partial charge < -0.3 is 18.9 Å². The third kappa shape index (κ3) is 8.04. The summed E-state index contributed by atoms with van der Waals surface area (Å²) in [6.45, 7) is 2.12. The molecule has 10 nitrogen and oxygen atoms in total. The van der Waals surface area contributed by atoms with Gasteiger partial charge >= 0.3 is 0 Å². The largest absolute Gasteiger partial charge is 0.497 e. The van der Waals surface area contributed by atoms with Gasteiger partial charge in [0, 0.05) is 6.07 Å². The van der Waals surface area contributed by atoms with Crippen molar-refractivity contribution in [2.45, 2.75) is 18.4 Å². The fourth-order valence-electron chi connectivity index (χ4n) is 4.08. The molecule has 0 aliphatic rings. The monoisotopic (exact) mass is 603 g/mol. The normalized spacial score (nSPS) is 11.1. The number of anilines is 1. The van der Waals surface area contributed by atoms with Gasteiger partial charge in [0.25, 0.3) is 15.9 Å². The van der Waals surface area contributed by atoms with Gasteiger partial charge in [-0.2, -0.15) is 5.10 Å². The Morgan fingerprint density at radius 1 is 0.837 bits per heavy atom. The highest BCUT2D eigenvalue weighted by molar-refractivity contribution is 7.92. The Balaban J connectivity index is 1.51. The molecule has 0 atom stereocenters. The molecule has 0 aliphatic heterocycles. The molecule has 224 valence electrons. The number of benzene rings is 4. The summed E-state index contributed by atoms with van der Waals surface area (Å²) in [5.41, 5.74) is 4.24. The first-order chi connectivity index (χ1) is 20.8. The zero-order valence-corrected chi connectivity index (χ0v) is 24.9. The van der Waals surface area contributed by atoms with Gasteiger partial charge in [-0.25, -0.2) is 13.8 Å². The number of hydrogen-bond acceptors (Lipinski definition) is 8. The van der Waals surface area contributed by atoms with E-state index in [2.05, 4.69) is 10.5 Å².